The van der Waals surface area contributed by atoms with Crippen LogP contribution in [-0.2, 0) is 4.79 Å². The Kier molecular flexibility index (Phi) is 3.53. The molecule has 1 amide bonds. The number of halogens is 1. The highest BCUT2D eigenvalue weighted by molar-refractivity contribution is 6.33. The lowest BCUT2D eigenvalue weighted by Gasteiger charge is -2.09. The van der Waals surface area contributed by atoms with Gasteiger partial charge in [-0.2, -0.15) is 0 Å². The second-order valence-corrected chi connectivity index (χ2v) is 4.30. The van der Waals surface area contributed by atoms with E-state index in [9.17, 15) is 9.90 Å². The van der Waals surface area contributed by atoms with Crippen LogP contribution in [0.25, 0.3) is 11.1 Å². The van der Waals surface area contributed by atoms with Crippen LogP contribution in [-0.4, -0.2) is 11.0 Å². The van der Waals surface area contributed by atoms with E-state index in [1.54, 1.807) is 18.2 Å². The molecule has 2 aromatic carbocycles. The fraction of sp³-hybridized carbons (Fsp3) is 0.0714. The number of nitrogens with one attached hydrogen (secondary N) is 1. The summed E-state index contributed by atoms with van der Waals surface area (Å²) < 4.78 is 0. The van der Waals surface area contributed by atoms with Crippen LogP contribution in [0.5, 0.6) is 5.75 Å². The van der Waals surface area contributed by atoms with Crippen LogP contribution in [0.3, 0.4) is 0 Å². The SMILES string of the molecule is CC(=O)Nc1ccc(O)c(-c2ccccc2Cl)c1. The van der Waals surface area contributed by atoms with Gasteiger partial charge in [0.25, 0.3) is 0 Å². The fourth-order valence-electron chi connectivity index (χ4n) is 1.71. The lowest BCUT2D eigenvalue weighted by Crippen LogP contribution is -2.05. The highest BCUT2D eigenvalue weighted by atomic mass is 35.5. The number of hydrogen-bond acceptors (Lipinski definition) is 2. The Morgan fingerprint density at radius 3 is 2.56 bits per heavy atom. The van der Waals surface area contributed by atoms with Crippen LogP contribution in [0.4, 0.5) is 5.69 Å². The Morgan fingerprint density at radius 1 is 1.17 bits per heavy atom. The molecule has 0 heterocycles. The van der Waals surface area contributed by atoms with Gasteiger partial charge < -0.3 is 10.4 Å². The van der Waals surface area contributed by atoms with Gasteiger partial charge in [0, 0.05) is 28.8 Å². The van der Waals surface area contributed by atoms with Crippen molar-refractivity contribution in [2.45, 2.75) is 6.92 Å². The maximum absolute atomic E-state index is 11.0. The van der Waals surface area contributed by atoms with E-state index in [0.29, 0.717) is 16.3 Å². The molecule has 0 aromatic heterocycles. The molecule has 18 heavy (non-hydrogen) atoms. The van der Waals surface area contributed by atoms with Crippen molar-refractivity contribution in [3.63, 3.8) is 0 Å². The second-order valence-electron chi connectivity index (χ2n) is 3.89. The second kappa shape index (κ2) is 5.10. The highest BCUT2D eigenvalue weighted by Crippen LogP contribution is 2.35. The Labute approximate surface area is 110 Å². The molecular weight excluding hydrogens is 250 g/mol. The first kappa shape index (κ1) is 12.5. The normalized spacial score (nSPS) is 10.1. The average molecular weight is 262 g/mol. The summed E-state index contributed by atoms with van der Waals surface area (Å²) in [6.45, 7) is 1.43. The number of phenols is 1. The summed E-state index contributed by atoms with van der Waals surface area (Å²) in [5, 5.41) is 13.1. The van der Waals surface area contributed by atoms with Crippen molar-refractivity contribution in [1.29, 1.82) is 0 Å². The van der Waals surface area contributed by atoms with Gasteiger partial charge in [0.05, 0.1) is 0 Å². The largest absolute Gasteiger partial charge is 0.507 e. The van der Waals surface area contributed by atoms with Crippen molar-refractivity contribution in [1.82, 2.24) is 0 Å². The summed E-state index contributed by atoms with van der Waals surface area (Å²) in [6.07, 6.45) is 0. The number of anilines is 1. The van der Waals surface area contributed by atoms with E-state index in [4.69, 9.17) is 11.6 Å². The van der Waals surface area contributed by atoms with E-state index in [0.717, 1.165) is 5.56 Å². The molecule has 0 bridgehead atoms. The molecule has 0 aliphatic rings. The van der Waals surface area contributed by atoms with E-state index in [-0.39, 0.29) is 11.7 Å². The lowest BCUT2D eigenvalue weighted by atomic mass is 10.0. The van der Waals surface area contributed by atoms with Gasteiger partial charge in [-0.15, -0.1) is 0 Å². The van der Waals surface area contributed by atoms with Gasteiger partial charge in [0.1, 0.15) is 5.75 Å². The standard InChI is InChI=1S/C14H12ClNO2/c1-9(17)16-10-6-7-14(18)12(8-10)11-4-2-3-5-13(11)15/h2-8,18H,1H3,(H,16,17). The van der Waals surface area contributed by atoms with Crippen molar-refractivity contribution in [2.24, 2.45) is 0 Å². The van der Waals surface area contributed by atoms with Gasteiger partial charge >= 0.3 is 0 Å². The topological polar surface area (TPSA) is 49.3 Å². The summed E-state index contributed by atoms with van der Waals surface area (Å²) in [5.41, 5.74) is 1.94. The minimum atomic E-state index is -0.161. The number of carbonyl (C=O) groups excluding carboxylic acids is 1. The summed E-state index contributed by atoms with van der Waals surface area (Å²) in [4.78, 5) is 11.0. The Hall–Kier alpha value is -2.00. The van der Waals surface area contributed by atoms with E-state index in [2.05, 4.69) is 5.32 Å². The van der Waals surface area contributed by atoms with Crippen LogP contribution in [0.1, 0.15) is 6.92 Å². The fourth-order valence-corrected chi connectivity index (χ4v) is 1.95. The number of rotatable bonds is 2. The first-order valence-electron chi connectivity index (χ1n) is 5.43. The monoisotopic (exact) mass is 261 g/mol. The summed E-state index contributed by atoms with van der Waals surface area (Å²) >= 11 is 6.09. The molecule has 2 rings (SSSR count). The van der Waals surface area contributed by atoms with Crippen molar-refractivity contribution in [3.8, 4) is 16.9 Å². The van der Waals surface area contributed by atoms with Crippen molar-refractivity contribution < 1.29 is 9.90 Å². The zero-order valence-electron chi connectivity index (χ0n) is 9.77. The van der Waals surface area contributed by atoms with Crippen LogP contribution in [0.2, 0.25) is 5.02 Å². The number of hydrogen-bond donors (Lipinski definition) is 2. The number of carbonyl (C=O) groups is 1. The smallest absolute Gasteiger partial charge is 0.221 e. The van der Waals surface area contributed by atoms with Crippen molar-refractivity contribution in [3.05, 3.63) is 47.5 Å². The number of benzene rings is 2. The molecule has 2 aromatic rings. The first-order valence-corrected chi connectivity index (χ1v) is 5.81. The predicted octanol–water partition coefficient (Wildman–Crippen LogP) is 3.67. The van der Waals surface area contributed by atoms with Crippen LogP contribution in [0.15, 0.2) is 42.5 Å². The van der Waals surface area contributed by atoms with E-state index < -0.39 is 0 Å². The van der Waals surface area contributed by atoms with Gasteiger partial charge in [-0.3, -0.25) is 4.79 Å². The zero-order chi connectivity index (χ0) is 13.1. The average Bonchev–Trinajstić information content (AvgIpc) is 2.32. The molecular formula is C14H12ClNO2. The van der Waals surface area contributed by atoms with Gasteiger partial charge in [0.2, 0.25) is 5.91 Å². The van der Waals surface area contributed by atoms with Crippen LogP contribution >= 0.6 is 11.6 Å². The quantitative estimate of drug-likeness (QED) is 0.811. The third-order valence-electron chi connectivity index (χ3n) is 2.48. The molecule has 0 saturated carbocycles. The minimum absolute atomic E-state index is 0.122. The highest BCUT2D eigenvalue weighted by Gasteiger charge is 2.09. The summed E-state index contributed by atoms with van der Waals surface area (Å²) in [5.74, 6) is -0.0389. The summed E-state index contributed by atoms with van der Waals surface area (Å²) in [7, 11) is 0. The molecule has 0 atom stereocenters. The number of amides is 1. The lowest BCUT2D eigenvalue weighted by molar-refractivity contribution is -0.114. The Balaban J connectivity index is 2.50. The third-order valence-corrected chi connectivity index (χ3v) is 2.81. The zero-order valence-corrected chi connectivity index (χ0v) is 10.5. The Morgan fingerprint density at radius 2 is 1.89 bits per heavy atom. The van der Waals surface area contributed by atoms with Crippen LogP contribution < -0.4 is 5.32 Å². The molecule has 2 N–H and O–H groups in total. The molecule has 4 heteroatoms. The number of aromatic hydroxyl groups is 1. The van der Waals surface area contributed by atoms with E-state index in [1.165, 1.54) is 13.0 Å². The maximum Gasteiger partial charge on any atom is 0.221 e. The van der Waals surface area contributed by atoms with E-state index in [1.807, 2.05) is 18.2 Å². The van der Waals surface area contributed by atoms with E-state index >= 15 is 0 Å². The first-order chi connectivity index (χ1) is 8.58. The molecule has 0 saturated heterocycles. The predicted molar refractivity (Wildman–Crippen MR) is 72.9 cm³/mol. The maximum atomic E-state index is 11.0. The van der Waals surface area contributed by atoms with Crippen LogP contribution in [0, 0.1) is 0 Å². The minimum Gasteiger partial charge on any atom is -0.507 e. The van der Waals surface area contributed by atoms with Gasteiger partial charge in [0.15, 0.2) is 0 Å². The molecule has 3 nitrogen and oxygen atoms in total. The van der Waals surface area contributed by atoms with Gasteiger partial charge in [-0.1, -0.05) is 29.8 Å². The summed E-state index contributed by atoms with van der Waals surface area (Å²) in [6, 6.07) is 12.1. The number of phenolic OH excluding ortho intramolecular Hbond substituents is 1. The molecule has 0 unspecified atom stereocenters. The Bertz CT molecular complexity index is 596. The molecule has 0 aliphatic carbocycles. The molecule has 0 spiro atoms. The van der Waals surface area contributed by atoms with Crippen molar-refractivity contribution in [2.75, 3.05) is 5.32 Å². The molecule has 0 fully saturated rings. The van der Waals surface area contributed by atoms with Gasteiger partial charge in [-0.25, -0.2) is 0 Å². The van der Waals surface area contributed by atoms with Crippen molar-refractivity contribution >= 4 is 23.2 Å². The van der Waals surface area contributed by atoms with Gasteiger partial charge in [-0.05, 0) is 24.3 Å². The molecule has 0 radical (unpaired) electrons. The third kappa shape index (κ3) is 2.63. The molecule has 92 valence electrons. The molecule has 0 aliphatic heterocycles.